The smallest absolute Gasteiger partial charge is 0.286 e. The van der Waals surface area contributed by atoms with E-state index in [9.17, 15) is 9.28 Å². The lowest BCUT2D eigenvalue weighted by Gasteiger charge is -2.27. The van der Waals surface area contributed by atoms with Crippen molar-refractivity contribution in [2.75, 3.05) is 0 Å². The molecule has 2 aromatic carbocycles. The number of carbonyl (C=O) groups is 1. The molecule has 0 aliphatic carbocycles. The van der Waals surface area contributed by atoms with Crippen LogP contribution in [0.2, 0.25) is 0 Å². The molecule has 1 unspecified atom stereocenters. The maximum absolute atomic E-state index is 13.8. The van der Waals surface area contributed by atoms with Gasteiger partial charge < -0.3 is 4.74 Å². The van der Waals surface area contributed by atoms with Crippen LogP contribution < -0.4 is 4.74 Å². The summed E-state index contributed by atoms with van der Waals surface area (Å²) in [4.78, 5) is 11.5. The van der Waals surface area contributed by atoms with E-state index in [2.05, 4.69) is 15.9 Å². The number of amides is 1. The first-order chi connectivity index (χ1) is 10.2. The van der Waals surface area contributed by atoms with Crippen molar-refractivity contribution in [1.82, 2.24) is 5.12 Å². The molecule has 108 valence electrons. The van der Waals surface area contributed by atoms with Gasteiger partial charge in [0.1, 0.15) is 17.3 Å². The molecule has 0 N–H and O–H groups in total. The molecule has 1 heterocycles. The average molecular weight is 350 g/mol. The molecule has 0 radical (unpaired) electrons. The summed E-state index contributed by atoms with van der Waals surface area (Å²) >= 11 is 3.15. The van der Waals surface area contributed by atoms with Crippen molar-refractivity contribution in [2.24, 2.45) is 0 Å². The number of carbonyl (C=O) groups excluding carboxylic acids is 1. The van der Waals surface area contributed by atoms with Crippen LogP contribution in [0.4, 0.5) is 4.48 Å². The minimum atomic E-state index is -0.665. The van der Waals surface area contributed by atoms with Crippen LogP contribution >= 0.6 is 15.9 Å². The van der Waals surface area contributed by atoms with Crippen LogP contribution in [0.3, 0.4) is 0 Å². The van der Waals surface area contributed by atoms with Crippen LogP contribution in [0.1, 0.15) is 21.5 Å². The number of hydrogen-bond donors (Lipinski definition) is 0. The van der Waals surface area contributed by atoms with Crippen molar-refractivity contribution in [2.45, 2.75) is 18.0 Å². The van der Waals surface area contributed by atoms with Gasteiger partial charge in [0.2, 0.25) is 0 Å². The summed E-state index contributed by atoms with van der Waals surface area (Å²) in [5.74, 6) is -0.245. The van der Waals surface area contributed by atoms with Crippen LogP contribution in [0.15, 0.2) is 48.5 Å². The standard InChI is InChI=1S/C16H13BrFNO2/c17-14-9-12-7-4-8-13(15(12)16(20)19(14)18)21-10-11-5-2-1-3-6-11/h1-8,14H,9-10H2. The fourth-order valence-corrected chi connectivity index (χ4v) is 2.88. The van der Waals surface area contributed by atoms with Gasteiger partial charge in [0.05, 0.1) is 5.56 Å². The first-order valence-corrected chi connectivity index (χ1v) is 7.50. The third-order valence-corrected chi connectivity index (χ3v) is 4.08. The predicted molar refractivity (Wildman–Crippen MR) is 80.9 cm³/mol. The average Bonchev–Trinajstić information content (AvgIpc) is 2.51. The monoisotopic (exact) mass is 349 g/mol. The van der Waals surface area contributed by atoms with Crippen molar-refractivity contribution in [3.63, 3.8) is 0 Å². The van der Waals surface area contributed by atoms with Gasteiger partial charge >= 0.3 is 0 Å². The fraction of sp³-hybridized carbons (Fsp3) is 0.188. The van der Waals surface area contributed by atoms with Gasteiger partial charge in [0.15, 0.2) is 0 Å². The topological polar surface area (TPSA) is 29.5 Å². The van der Waals surface area contributed by atoms with E-state index in [1.165, 1.54) is 0 Å². The summed E-state index contributed by atoms with van der Waals surface area (Å²) in [6.07, 6.45) is 0.417. The number of fused-ring (bicyclic) bond motifs is 1. The molecule has 5 heteroatoms. The molecule has 0 fully saturated rings. The molecule has 1 amide bonds. The summed E-state index contributed by atoms with van der Waals surface area (Å²) in [7, 11) is 0. The Morgan fingerprint density at radius 3 is 2.71 bits per heavy atom. The zero-order valence-corrected chi connectivity index (χ0v) is 12.7. The molecular formula is C16H13BrFNO2. The molecule has 1 aliphatic rings. The number of ether oxygens (including phenoxy) is 1. The highest BCUT2D eigenvalue weighted by molar-refractivity contribution is 9.09. The molecule has 3 nitrogen and oxygen atoms in total. The van der Waals surface area contributed by atoms with Crippen LogP contribution in [-0.4, -0.2) is 16.0 Å². The first-order valence-electron chi connectivity index (χ1n) is 6.59. The van der Waals surface area contributed by atoms with E-state index in [4.69, 9.17) is 4.74 Å². The highest BCUT2D eigenvalue weighted by atomic mass is 79.9. The number of rotatable bonds is 3. The largest absolute Gasteiger partial charge is 0.488 e. The van der Waals surface area contributed by atoms with E-state index in [1.807, 2.05) is 42.5 Å². The Kier molecular flexibility index (Phi) is 3.92. The Bertz CT molecular complexity index is 663. The van der Waals surface area contributed by atoms with Crippen molar-refractivity contribution < 1.29 is 14.0 Å². The third kappa shape index (κ3) is 2.78. The van der Waals surface area contributed by atoms with Crippen LogP contribution in [0.5, 0.6) is 5.75 Å². The molecule has 3 rings (SSSR count). The van der Waals surface area contributed by atoms with Crippen molar-refractivity contribution in [3.8, 4) is 5.75 Å². The molecule has 2 aromatic rings. The van der Waals surface area contributed by atoms with Gasteiger partial charge in [0.25, 0.3) is 5.91 Å². The second-order valence-corrected chi connectivity index (χ2v) is 5.88. The predicted octanol–water partition coefficient (Wildman–Crippen LogP) is 3.87. The first kappa shape index (κ1) is 14.1. The Balaban J connectivity index is 1.87. The summed E-state index contributed by atoms with van der Waals surface area (Å²) in [5.41, 5.74) is 2.10. The normalized spacial score (nSPS) is 17.5. The van der Waals surface area contributed by atoms with E-state index in [1.54, 1.807) is 6.07 Å². The van der Waals surface area contributed by atoms with Crippen molar-refractivity contribution in [1.29, 1.82) is 0 Å². The maximum atomic E-state index is 13.8. The lowest BCUT2D eigenvalue weighted by Crippen LogP contribution is -2.36. The lowest BCUT2D eigenvalue weighted by molar-refractivity contribution is 0.0105. The van der Waals surface area contributed by atoms with E-state index in [0.29, 0.717) is 24.3 Å². The molecule has 0 saturated carbocycles. The third-order valence-electron chi connectivity index (χ3n) is 3.39. The quantitative estimate of drug-likeness (QED) is 0.478. The Labute approximate surface area is 130 Å². The second-order valence-electron chi connectivity index (χ2n) is 4.82. The highest BCUT2D eigenvalue weighted by Crippen LogP contribution is 2.33. The van der Waals surface area contributed by atoms with Crippen LogP contribution in [-0.2, 0) is 13.0 Å². The minimum absolute atomic E-state index is 0.206. The molecular weight excluding hydrogens is 337 g/mol. The summed E-state index contributed by atoms with van der Waals surface area (Å²) in [5, 5.41) is 0.206. The molecule has 1 atom stereocenters. The van der Waals surface area contributed by atoms with Gasteiger partial charge in [-0.05, 0) is 17.2 Å². The van der Waals surface area contributed by atoms with Crippen molar-refractivity contribution in [3.05, 3.63) is 65.2 Å². The number of benzene rings is 2. The zero-order valence-electron chi connectivity index (χ0n) is 11.1. The molecule has 0 saturated heterocycles. The van der Waals surface area contributed by atoms with Gasteiger partial charge in [-0.3, -0.25) is 4.79 Å². The van der Waals surface area contributed by atoms with E-state index < -0.39 is 10.9 Å². The molecule has 0 bridgehead atoms. The van der Waals surface area contributed by atoms with Crippen LogP contribution in [0.25, 0.3) is 0 Å². The second kappa shape index (κ2) is 5.85. The van der Waals surface area contributed by atoms with E-state index in [0.717, 1.165) is 11.1 Å². The number of alkyl halides is 1. The number of nitrogens with zero attached hydrogens (tertiary/aromatic N) is 1. The van der Waals surface area contributed by atoms with Crippen LogP contribution in [0, 0.1) is 0 Å². The Hall–Kier alpha value is -1.88. The molecule has 0 aromatic heterocycles. The van der Waals surface area contributed by atoms with Gasteiger partial charge in [-0.1, -0.05) is 62.9 Å². The summed E-state index contributed by atoms with van der Waals surface area (Å²) in [6.45, 7) is 0.342. The highest BCUT2D eigenvalue weighted by Gasteiger charge is 2.33. The summed E-state index contributed by atoms with van der Waals surface area (Å²) in [6, 6.07) is 15.0. The number of hydrogen-bond acceptors (Lipinski definition) is 2. The summed E-state index contributed by atoms with van der Waals surface area (Å²) < 4.78 is 19.5. The zero-order chi connectivity index (χ0) is 14.8. The molecule has 21 heavy (non-hydrogen) atoms. The SMILES string of the molecule is O=C1c2c(cccc2OCc2ccccc2)CC(Br)N1F. The molecule has 0 spiro atoms. The Morgan fingerprint density at radius 1 is 1.19 bits per heavy atom. The van der Waals surface area contributed by atoms with Gasteiger partial charge in [0, 0.05) is 6.42 Å². The fourth-order valence-electron chi connectivity index (χ4n) is 2.34. The van der Waals surface area contributed by atoms with Gasteiger partial charge in [-0.2, -0.15) is 5.12 Å². The molecule has 1 aliphatic heterocycles. The minimum Gasteiger partial charge on any atom is -0.488 e. The number of halogens is 2. The van der Waals surface area contributed by atoms with Gasteiger partial charge in [-0.15, -0.1) is 0 Å². The van der Waals surface area contributed by atoms with E-state index in [-0.39, 0.29) is 5.12 Å². The maximum Gasteiger partial charge on any atom is 0.286 e. The van der Waals surface area contributed by atoms with Gasteiger partial charge in [-0.25, -0.2) is 0 Å². The van der Waals surface area contributed by atoms with Crippen molar-refractivity contribution >= 4 is 21.8 Å². The lowest BCUT2D eigenvalue weighted by atomic mass is 9.99. The van der Waals surface area contributed by atoms with E-state index >= 15 is 0 Å². The Morgan fingerprint density at radius 2 is 1.95 bits per heavy atom.